The third-order valence-corrected chi connectivity index (χ3v) is 3.63. The number of aliphatic hydroxyl groups is 1. The van der Waals surface area contributed by atoms with Crippen molar-refractivity contribution in [2.75, 3.05) is 0 Å². The molecule has 110 valence electrons. The molecule has 0 spiro atoms. The summed E-state index contributed by atoms with van der Waals surface area (Å²) in [4.78, 5) is 0. The Hall–Kier alpha value is -0.900. The van der Waals surface area contributed by atoms with E-state index in [0.29, 0.717) is 5.69 Å². The van der Waals surface area contributed by atoms with Gasteiger partial charge in [0.15, 0.2) is 0 Å². The molecule has 0 aliphatic rings. The number of aromatic nitrogens is 3. The predicted octanol–water partition coefficient (Wildman–Crippen LogP) is 3.55. The highest BCUT2D eigenvalue weighted by Crippen LogP contribution is 2.16. The van der Waals surface area contributed by atoms with Gasteiger partial charge in [0.05, 0.1) is 12.8 Å². The van der Waals surface area contributed by atoms with Crippen LogP contribution in [-0.4, -0.2) is 20.1 Å². The molecule has 0 aliphatic heterocycles. The lowest BCUT2D eigenvalue weighted by atomic mass is 9.98. The van der Waals surface area contributed by atoms with Crippen LogP contribution >= 0.6 is 0 Å². The van der Waals surface area contributed by atoms with E-state index in [1.54, 1.807) is 0 Å². The Morgan fingerprint density at radius 3 is 2.58 bits per heavy atom. The third kappa shape index (κ3) is 7.31. The molecule has 0 aliphatic carbocycles. The van der Waals surface area contributed by atoms with Crippen LogP contribution in [0.5, 0.6) is 0 Å². The summed E-state index contributed by atoms with van der Waals surface area (Å²) in [5.41, 5.74) is 0.656. The molecular weight excluding hydrogens is 238 g/mol. The Labute approximate surface area is 117 Å². The summed E-state index contributed by atoms with van der Waals surface area (Å²) in [6.45, 7) is 5.50. The number of unbranched alkanes of at least 4 members (excludes halogenated alkanes) is 4. The molecule has 4 nitrogen and oxygen atoms in total. The molecular formula is C15H29N3O. The second kappa shape index (κ2) is 9.96. The zero-order valence-electron chi connectivity index (χ0n) is 12.5. The first-order valence-corrected chi connectivity index (χ1v) is 7.76. The van der Waals surface area contributed by atoms with E-state index in [0.717, 1.165) is 18.9 Å². The van der Waals surface area contributed by atoms with Crippen molar-refractivity contribution in [1.82, 2.24) is 15.0 Å². The molecule has 4 heteroatoms. The number of nitrogens with zero attached hydrogens (tertiary/aromatic N) is 3. The molecule has 19 heavy (non-hydrogen) atoms. The van der Waals surface area contributed by atoms with Crippen LogP contribution < -0.4 is 0 Å². The zero-order valence-corrected chi connectivity index (χ0v) is 12.5. The van der Waals surface area contributed by atoms with E-state index in [1.165, 1.54) is 44.9 Å². The summed E-state index contributed by atoms with van der Waals surface area (Å²) in [7, 11) is 0. The summed E-state index contributed by atoms with van der Waals surface area (Å²) in [6.07, 6.45) is 12.4. The first kappa shape index (κ1) is 16.2. The molecule has 0 saturated carbocycles. The van der Waals surface area contributed by atoms with Crippen molar-refractivity contribution in [3.63, 3.8) is 0 Å². The van der Waals surface area contributed by atoms with Crippen molar-refractivity contribution in [3.05, 3.63) is 11.9 Å². The highest BCUT2D eigenvalue weighted by atomic mass is 16.3. The summed E-state index contributed by atoms with van der Waals surface area (Å²) < 4.78 is 1.83. The minimum atomic E-state index is -0.0197. The van der Waals surface area contributed by atoms with Gasteiger partial charge in [-0.1, -0.05) is 57.6 Å². The summed E-state index contributed by atoms with van der Waals surface area (Å²) >= 11 is 0. The van der Waals surface area contributed by atoms with Gasteiger partial charge < -0.3 is 5.11 Å². The standard InChI is InChI=1S/C15H29N3O/c1-3-4-5-6-7-9-14(2)10-8-11-18-12-15(13-19)16-17-18/h12,14,19H,3-11,13H2,1-2H3. The molecule has 1 rings (SSSR count). The molecule has 1 unspecified atom stereocenters. The number of aryl methyl sites for hydroxylation is 1. The van der Waals surface area contributed by atoms with Crippen LogP contribution in [0.3, 0.4) is 0 Å². The lowest BCUT2D eigenvalue weighted by Gasteiger charge is -2.10. The molecule has 1 aromatic rings. The molecule has 0 saturated heterocycles. The molecule has 1 N–H and O–H groups in total. The Morgan fingerprint density at radius 2 is 1.89 bits per heavy atom. The van der Waals surface area contributed by atoms with Gasteiger partial charge in [-0.05, 0) is 18.8 Å². The van der Waals surface area contributed by atoms with E-state index in [9.17, 15) is 0 Å². The van der Waals surface area contributed by atoms with Gasteiger partial charge >= 0.3 is 0 Å². The van der Waals surface area contributed by atoms with Crippen molar-refractivity contribution >= 4 is 0 Å². The number of rotatable bonds is 11. The van der Waals surface area contributed by atoms with E-state index < -0.39 is 0 Å². The van der Waals surface area contributed by atoms with Gasteiger partial charge in [0.2, 0.25) is 0 Å². The van der Waals surface area contributed by atoms with Crippen LogP contribution in [0.4, 0.5) is 0 Å². The molecule has 0 fully saturated rings. The van der Waals surface area contributed by atoms with E-state index >= 15 is 0 Å². The first-order valence-electron chi connectivity index (χ1n) is 7.76. The van der Waals surface area contributed by atoms with Crippen LogP contribution in [-0.2, 0) is 13.2 Å². The fraction of sp³-hybridized carbons (Fsp3) is 0.867. The van der Waals surface area contributed by atoms with E-state index in [-0.39, 0.29) is 6.61 Å². The van der Waals surface area contributed by atoms with Gasteiger partial charge in [-0.15, -0.1) is 5.10 Å². The van der Waals surface area contributed by atoms with Gasteiger partial charge in [-0.25, -0.2) is 0 Å². The Bertz CT molecular complexity index is 325. The third-order valence-electron chi connectivity index (χ3n) is 3.63. The fourth-order valence-corrected chi connectivity index (χ4v) is 2.36. The van der Waals surface area contributed by atoms with Crippen molar-refractivity contribution in [3.8, 4) is 0 Å². The monoisotopic (exact) mass is 267 g/mol. The lowest BCUT2D eigenvalue weighted by molar-refractivity contribution is 0.276. The minimum absolute atomic E-state index is 0.0197. The second-order valence-corrected chi connectivity index (χ2v) is 5.58. The molecule has 1 heterocycles. The molecule has 1 aromatic heterocycles. The normalized spacial score (nSPS) is 12.8. The van der Waals surface area contributed by atoms with Crippen LogP contribution in [0.15, 0.2) is 6.20 Å². The summed E-state index contributed by atoms with van der Waals surface area (Å²) in [6, 6.07) is 0. The maximum absolute atomic E-state index is 8.91. The number of aliphatic hydroxyl groups excluding tert-OH is 1. The van der Waals surface area contributed by atoms with Gasteiger partial charge in [-0.2, -0.15) is 0 Å². The quantitative estimate of drug-likeness (QED) is 0.624. The number of hydrogen-bond acceptors (Lipinski definition) is 3. The van der Waals surface area contributed by atoms with E-state index in [2.05, 4.69) is 24.2 Å². The van der Waals surface area contributed by atoms with Gasteiger partial charge in [0.25, 0.3) is 0 Å². The van der Waals surface area contributed by atoms with Crippen LogP contribution in [0, 0.1) is 5.92 Å². The summed E-state index contributed by atoms with van der Waals surface area (Å²) in [5, 5.41) is 16.8. The van der Waals surface area contributed by atoms with Gasteiger partial charge in [0, 0.05) is 6.54 Å². The van der Waals surface area contributed by atoms with Crippen LogP contribution in [0.25, 0.3) is 0 Å². The second-order valence-electron chi connectivity index (χ2n) is 5.58. The van der Waals surface area contributed by atoms with Crippen molar-refractivity contribution in [1.29, 1.82) is 0 Å². The topological polar surface area (TPSA) is 50.9 Å². The summed E-state index contributed by atoms with van der Waals surface area (Å²) in [5.74, 6) is 0.808. The zero-order chi connectivity index (χ0) is 13.9. The van der Waals surface area contributed by atoms with Gasteiger partial charge in [-0.3, -0.25) is 4.68 Å². The molecule has 1 atom stereocenters. The van der Waals surface area contributed by atoms with Crippen molar-refractivity contribution in [2.24, 2.45) is 5.92 Å². The average Bonchev–Trinajstić information content (AvgIpc) is 2.86. The first-order chi connectivity index (χ1) is 9.26. The smallest absolute Gasteiger partial charge is 0.108 e. The predicted molar refractivity (Wildman–Crippen MR) is 77.7 cm³/mol. The Morgan fingerprint density at radius 1 is 1.16 bits per heavy atom. The van der Waals surface area contributed by atoms with Crippen molar-refractivity contribution < 1.29 is 5.11 Å². The highest BCUT2D eigenvalue weighted by Gasteiger charge is 2.03. The van der Waals surface area contributed by atoms with Crippen LogP contribution in [0.1, 0.15) is 70.9 Å². The largest absolute Gasteiger partial charge is 0.390 e. The SMILES string of the molecule is CCCCCCCC(C)CCCn1cc(CO)nn1. The Kier molecular flexibility index (Phi) is 8.47. The minimum Gasteiger partial charge on any atom is -0.390 e. The van der Waals surface area contributed by atoms with E-state index in [4.69, 9.17) is 5.11 Å². The average molecular weight is 267 g/mol. The molecule has 0 amide bonds. The van der Waals surface area contributed by atoms with E-state index in [1.807, 2.05) is 10.9 Å². The van der Waals surface area contributed by atoms with Crippen molar-refractivity contribution in [2.45, 2.75) is 78.4 Å². The molecule has 0 radical (unpaired) electrons. The van der Waals surface area contributed by atoms with Gasteiger partial charge in [0.1, 0.15) is 5.69 Å². The Balaban J connectivity index is 2.01. The lowest BCUT2D eigenvalue weighted by Crippen LogP contribution is -2.02. The van der Waals surface area contributed by atoms with Crippen LogP contribution in [0.2, 0.25) is 0 Å². The maximum atomic E-state index is 8.91. The molecule has 0 aromatic carbocycles. The highest BCUT2D eigenvalue weighted by molar-refractivity contribution is 4.88. The number of hydrogen-bond donors (Lipinski definition) is 1. The molecule has 0 bridgehead atoms. The fourth-order valence-electron chi connectivity index (χ4n) is 2.36. The maximum Gasteiger partial charge on any atom is 0.108 e.